The molecule has 0 saturated carbocycles. The molecule has 0 bridgehead atoms. The van der Waals surface area contributed by atoms with Gasteiger partial charge in [0.05, 0.1) is 10.6 Å². The van der Waals surface area contributed by atoms with E-state index in [0.29, 0.717) is 29.2 Å². The molecule has 0 aliphatic heterocycles. The van der Waals surface area contributed by atoms with E-state index >= 15 is 0 Å². The molecular formula is C31H38ClN3O4S. The fourth-order valence-corrected chi connectivity index (χ4v) is 6.06. The van der Waals surface area contributed by atoms with Gasteiger partial charge in [0.2, 0.25) is 11.8 Å². The van der Waals surface area contributed by atoms with Gasteiger partial charge in [-0.1, -0.05) is 73.0 Å². The number of hydrogen-bond donors (Lipinski definition) is 1. The minimum atomic E-state index is -4.12. The maximum atomic E-state index is 13.9. The van der Waals surface area contributed by atoms with Gasteiger partial charge in [0.1, 0.15) is 12.6 Å². The molecule has 40 heavy (non-hydrogen) atoms. The number of anilines is 1. The van der Waals surface area contributed by atoms with Crippen molar-refractivity contribution in [3.8, 4) is 0 Å². The summed E-state index contributed by atoms with van der Waals surface area (Å²) in [6.45, 7) is 7.63. The summed E-state index contributed by atoms with van der Waals surface area (Å²) < 4.78 is 29.0. The summed E-state index contributed by atoms with van der Waals surface area (Å²) in [4.78, 5) is 28.5. The smallest absolute Gasteiger partial charge is 0.264 e. The molecule has 214 valence electrons. The second-order valence-electron chi connectivity index (χ2n) is 9.90. The van der Waals surface area contributed by atoms with Crippen molar-refractivity contribution < 1.29 is 18.0 Å². The SMILES string of the molecule is CCCCNC(=O)[C@H](C)N(CCc1ccccc1)C(=O)CN(c1ccc(Cl)cc1C)S(=O)(=O)c1ccc(C)cc1. The van der Waals surface area contributed by atoms with Crippen LogP contribution in [0.2, 0.25) is 5.02 Å². The summed E-state index contributed by atoms with van der Waals surface area (Å²) in [5.41, 5.74) is 2.88. The molecule has 0 unspecified atom stereocenters. The molecule has 0 aromatic heterocycles. The highest BCUT2D eigenvalue weighted by atomic mass is 35.5. The van der Waals surface area contributed by atoms with Gasteiger partial charge in [0.25, 0.3) is 10.0 Å². The third-order valence-corrected chi connectivity index (χ3v) is 8.81. The maximum Gasteiger partial charge on any atom is 0.264 e. The van der Waals surface area contributed by atoms with Gasteiger partial charge >= 0.3 is 0 Å². The predicted octanol–water partition coefficient (Wildman–Crippen LogP) is 5.53. The van der Waals surface area contributed by atoms with Crippen molar-refractivity contribution >= 4 is 39.1 Å². The van der Waals surface area contributed by atoms with E-state index in [4.69, 9.17) is 11.6 Å². The van der Waals surface area contributed by atoms with E-state index in [1.807, 2.05) is 44.2 Å². The first kappa shape index (κ1) is 31.2. The van der Waals surface area contributed by atoms with Crippen LogP contribution < -0.4 is 9.62 Å². The number of nitrogens with one attached hydrogen (secondary N) is 1. The Bertz CT molecular complexity index is 1400. The lowest BCUT2D eigenvalue weighted by Gasteiger charge is -2.32. The molecule has 1 atom stereocenters. The number of amides is 2. The number of unbranched alkanes of at least 4 members (excludes halogenated alkanes) is 1. The Labute approximate surface area is 243 Å². The molecule has 7 nitrogen and oxygen atoms in total. The topological polar surface area (TPSA) is 86.8 Å². The first-order valence-corrected chi connectivity index (χ1v) is 15.3. The first-order valence-electron chi connectivity index (χ1n) is 13.5. The third-order valence-electron chi connectivity index (χ3n) is 6.80. The van der Waals surface area contributed by atoms with Crippen molar-refractivity contribution in [1.82, 2.24) is 10.2 Å². The van der Waals surface area contributed by atoms with Crippen molar-refractivity contribution in [3.63, 3.8) is 0 Å². The highest BCUT2D eigenvalue weighted by Crippen LogP contribution is 2.29. The molecule has 3 aromatic rings. The number of carbonyl (C=O) groups excluding carboxylic acids is 2. The van der Waals surface area contributed by atoms with E-state index < -0.39 is 28.5 Å². The van der Waals surface area contributed by atoms with Gasteiger partial charge < -0.3 is 10.2 Å². The number of aryl methyl sites for hydroxylation is 2. The molecule has 0 heterocycles. The van der Waals surface area contributed by atoms with Crippen LogP contribution in [0.4, 0.5) is 5.69 Å². The molecule has 0 aliphatic rings. The normalized spacial score (nSPS) is 12.0. The van der Waals surface area contributed by atoms with Crippen molar-refractivity contribution in [1.29, 1.82) is 0 Å². The average molecular weight is 584 g/mol. The summed E-state index contributed by atoms with van der Waals surface area (Å²) in [6, 6.07) is 20.2. The first-order chi connectivity index (χ1) is 19.0. The lowest BCUT2D eigenvalue weighted by atomic mass is 10.1. The van der Waals surface area contributed by atoms with Crippen molar-refractivity contribution in [2.45, 2.75) is 57.9 Å². The fraction of sp³-hybridized carbons (Fsp3) is 0.355. The summed E-state index contributed by atoms with van der Waals surface area (Å²) in [5.74, 6) is -0.746. The van der Waals surface area contributed by atoms with Crippen LogP contribution in [0.25, 0.3) is 0 Å². The molecule has 9 heteroatoms. The summed E-state index contributed by atoms with van der Waals surface area (Å²) in [5, 5.41) is 3.36. The summed E-state index contributed by atoms with van der Waals surface area (Å²) in [6.07, 6.45) is 2.27. The quantitative estimate of drug-likeness (QED) is 0.268. The van der Waals surface area contributed by atoms with Crippen LogP contribution in [-0.2, 0) is 26.0 Å². The van der Waals surface area contributed by atoms with Gasteiger partial charge in [-0.2, -0.15) is 0 Å². The van der Waals surface area contributed by atoms with Gasteiger partial charge in [-0.05, 0) is 75.1 Å². The monoisotopic (exact) mass is 583 g/mol. The molecule has 2 amide bonds. The molecule has 0 spiro atoms. The van der Waals surface area contributed by atoms with Crippen molar-refractivity contribution in [3.05, 3.63) is 94.5 Å². The number of hydrogen-bond acceptors (Lipinski definition) is 4. The zero-order valence-corrected chi connectivity index (χ0v) is 25.1. The second-order valence-corrected chi connectivity index (χ2v) is 12.2. The van der Waals surface area contributed by atoms with Gasteiger partial charge in [0.15, 0.2) is 0 Å². The van der Waals surface area contributed by atoms with Crippen LogP contribution in [-0.4, -0.2) is 50.8 Å². The Balaban J connectivity index is 1.98. The largest absolute Gasteiger partial charge is 0.354 e. The number of rotatable bonds is 13. The minimum Gasteiger partial charge on any atom is -0.354 e. The van der Waals surface area contributed by atoms with E-state index in [2.05, 4.69) is 5.32 Å². The zero-order valence-electron chi connectivity index (χ0n) is 23.6. The van der Waals surface area contributed by atoms with E-state index in [0.717, 1.165) is 28.3 Å². The van der Waals surface area contributed by atoms with Gasteiger partial charge in [0, 0.05) is 18.1 Å². The Kier molecular flexibility index (Phi) is 11.2. The Morgan fingerprint density at radius 1 is 0.975 bits per heavy atom. The van der Waals surface area contributed by atoms with E-state index in [1.165, 1.54) is 17.0 Å². The number of nitrogens with zero attached hydrogens (tertiary/aromatic N) is 2. The lowest BCUT2D eigenvalue weighted by Crippen LogP contribution is -2.52. The predicted molar refractivity (Wildman–Crippen MR) is 161 cm³/mol. The van der Waals surface area contributed by atoms with E-state index in [1.54, 1.807) is 44.2 Å². The van der Waals surface area contributed by atoms with Crippen LogP contribution in [0.5, 0.6) is 0 Å². The van der Waals surface area contributed by atoms with Crippen molar-refractivity contribution in [2.24, 2.45) is 0 Å². The number of benzene rings is 3. The Hall–Kier alpha value is -3.36. The zero-order chi connectivity index (χ0) is 29.3. The number of halogens is 1. The summed E-state index contributed by atoms with van der Waals surface area (Å²) >= 11 is 6.17. The third kappa shape index (κ3) is 8.08. The highest BCUT2D eigenvalue weighted by Gasteiger charge is 2.33. The van der Waals surface area contributed by atoms with Crippen molar-refractivity contribution in [2.75, 3.05) is 23.9 Å². The molecule has 0 radical (unpaired) electrons. The van der Waals surface area contributed by atoms with Crippen LogP contribution in [0.15, 0.2) is 77.7 Å². The molecule has 3 aromatic carbocycles. The molecule has 1 N–H and O–H groups in total. The molecule has 0 aliphatic carbocycles. The number of sulfonamides is 1. The second kappa shape index (κ2) is 14.3. The summed E-state index contributed by atoms with van der Waals surface area (Å²) in [7, 11) is -4.12. The molecule has 0 fully saturated rings. The minimum absolute atomic E-state index is 0.0708. The van der Waals surface area contributed by atoms with Gasteiger partial charge in [-0.25, -0.2) is 8.42 Å². The van der Waals surface area contributed by atoms with E-state index in [9.17, 15) is 18.0 Å². The highest BCUT2D eigenvalue weighted by molar-refractivity contribution is 7.92. The standard InChI is InChI=1S/C31H38ClN3O4S/c1-5-6-19-33-31(37)25(4)34(20-18-26-10-8-7-9-11-26)30(36)22-35(29-17-14-27(32)21-24(29)3)40(38,39)28-15-12-23(2)13-16-28/h7-17,21,25H,5-6,18-20,22H2,1-4H3,(H,33,37)/t25-/m0/s1. The Morgan fingerprint density at radius 2 is 1.65 bits per heavy atom. The Morgan fingerprint density at radius 3 is 2.27 bits per heavy atom. The average Bonchev–Trinajstić information content (AvgIpc) is 2.93. The lowest BCUT2D eigenvalue weighted by molar-refractivity contribution is -0.138. The van der Waals surface area contributed by atoms with Gasteiger partial charge in [-0.15, -0.1) is 0 Å². The molecule has 0 saturated heterocycles. The molecular weight excluding hydrogens is 546 g/mol. The number of carbonyl (C=O) groups is 2. The van der Waals surface area contributed by atoms with Crippen LogP contribution in [0.3, 0.4) is 0 Å². The molecule has 3 rings (SSSR count). The maximum absolute atomic E-state index is 13.9. The van der Waals surface area contributed by atoms with E-state index in [-0.39, 0.29) is 17.3 Å². The van der Waals surface area contributed by atoms with Crippen LogP contribution >= 0.6 is 11.6 Å². The van der Waals surface area contributed by atoms with Gasteiger partial charge in [-0.3, -0.25) is 13.9 Å². The van der Waals surface area contributed by atoms with Crippen LogP contribution in [0.1, 0.15) is 43.4 Å². The van der Waals surface area contributed by atoms with Crippen LogP contribution in [0, 0.1) is 13.8 Å². The fourth-order valence-electron chi connectivity index (χ4n) is 4.36.